The molecule has 0 bridgehead atoms. The molecule has 0 saturated carbocycles. The van der Waals surface area contributed by atoms with Gasteiger partial charge in [0, 0.05) is 22.6 Å². The SMILES string of the molecule is CNC(CSC(C)C(C)O)c1cc(C)ccc1OC. The Morgan fingerprint density at radius 2 is 2.05 bits per heavy atom. The van der Waals surface area contributed by atoms with Gasteiger partial charge in [-0.25, -0.2) is 0 Å². The fraction of sp³-hybridized carbons (Fsp3) is 0.600. The Morgan fingerprint density at radius 3 is 2.58 bits per heavy atom. The summed E-state index contributed by atoms with van der Waals surface area (Å²) in [5, 5.41) is 13.1. The van der Waals surface area contributed by atoms with Crippen LogP contribution in [0.25, 0.3) is 0 Å². The van der Waals surface area contributed by atoms with Gasteiger partial charge in [0.2, 0.25) is 0 Å². The Balaban J connectivity index is 2.82. The van der Waals surface area contributed by atoms with Crippen molar-refractivity contribution in [2.45, 2.75) is 38.2 Å². The van der Waals surface area contributed by atoms with Crippen LogP contribution in [0.4, 0.5) is 0 Å². The molecule has 0 heterocycles. The summed E-state index contributed by atoms with van der Waals surface area (Å²) in [5.41, 5.74) is 2.40. The average Bonchev–Trinajstić information content (AvgIpc) is 2.39. The first-order chi connectivity index (χ1) is 8.99. The van der Waals surface area contributed by atoms with E-state index >= 15 is 0 Å². The van der Waals surface area contributed by atoms with Crippen LogP contribution in [0, 0.1) is 6.92 Å². The van der Waals surface area contributed by atoms with Crippen LogP contribution in [-0.4, -0.2) is 36.4 Å². The van der Waals surface area contributed by atoms with Crippen molar-refractivity contribution in [3.05, 3.63) is 29.3 Å². The minimum atomic E-state index is -0.290. The number of aliphatic hydroxyl groups is 1. The molecule has 19 heavy (non-hydrogen) atoms. The molecule has 3 unspecified atom stereocenters. The summed E-state index contributed by atoms with van der Waals surface area (Å²) >= 11 is 1.77. The maximum Gasteiger partial charge on any atom is 0.123 e. The molecule has 108 valence electrons. The molecular weight excluding hydrogens is 258 g/mol. The van der Waals surface area contributed by atoms with E-state index in [4.69, 9.17) is 4.74 Å². The summed E-state index contributed by atoms with van der Waals surface area (Å²) < 4.78 is 5.44. The highest BCUT2D eigenvalue weighted by atomic mass is 32.2. The third-order valence-electron chi connectivity index (χ3n) is 3.31. The van der Waals surface area contributed by atoms with Gasteiger partial charge in [0.25, 0.3) is 0 Å². The number of nitrogens with one attached hydrogen (secondary N) is 1. The second kappa shape index (κ2) is 7.78. The Kier molecular flexibility index (Phi) is 6.69. The van der Waals surface area contributed by atoms with Crippen LogP contribution >= 0.6 is 11.8 Å². The number of rotatable bonds is 7. The largest absolute Gasteiger partial charge is 0.496 e. The second-order valence-corrected chi connectivity index (χ2v) is 6.28. The zero-order chi connectivity index (χ0) is 14.4. The van der Waals surface area contributed by atoms with E-state index in [1.54, 1.807) is 18.9 Å². The third-order valence-corrected chi connectivity index (χ3v) is 4.76. The molecule has 4 heteroatoms. The van der Waals surface area contributed by atoms with E-state index in [2.05, 4.69) is 31.3 Å². The smallest absolute Gasteiger partial charge is 0.123 e. The predicted molar refractivity (Wildman–Crippen MR) is 83.1 cm³/mol. The molecule has 3 nitrogen and oxygen atoms in total. The van der Waals surface area contributed by atoms with Gasteiger partial charge < -0.3 is 15.2 Å². The van der Waals surface area contributed by atoms with Crippen LogP contribution in [0.15, 0.2) is 18.2 Å². The molecule has 0 radical (unpaired) electrons. The van der Waals surface area contributed by atoms with Crippen molar-refractivity contribution in [1.82, 2.24) is 5.32 Å². The van der Waals surface area contributed by atoms with Gasteiger partial charge in [-0.1, -0.05) is 24.6 Å². The zero-order valence-electron chi connectivity index (χ0n) is 12.4. The van der Waals surface area contributed by atoms with E-state index in [-0.39, 0.29) is 17.4 Å². The fourth-order valence-electron chi connectivity index (χ4n) is 1.84. The first kappa shape index (κ1) is 16.3. The van der Waals surface area contributed by atoms with Crippen LogP contribution in [0.3, 0.4) is 0 Å². The molecular formula is C15H25NO2S. The maximum absolute atomic E-state index is 9.56. The standard InChI is InChI=1S/C15H25NO2S/c1-10-6-7-15(18-5)13(8-10)14(16-4)9-19-12(3)11(2)17/h6-8,11-12,14,16-17H,9H2,1-5H3. The molecule has 1 aromatic rings. The minimum Gasteiger partial charge on any atom is -0.496 e. The highest BCUT2D eigenvalue weighted by Gasteiger charge is 2.17. The van der Waals surface area contributed by atoms with Crippen molar-refractivity contribution in [1.29, 1.82) is 0 Å². The lowest BCUT2D eigenvalue weighted by Crippen LogP contribution is -2.23. The normalized spacial score (nSPS) is 15.9. The number of aliphatic hydroxyl groups excluding tert-OH is 1. The fourth-order valence-corrected chi connectivity index (χ4v) is 2.96. The molecule has 0 amide bonds. The van der Waals surface area contributed by atoms with Crippen molar-refractivity contribution < 1.29 is 9.84 Å². The van der Waals surface area contributed by atoms with Crippen LogP contribution in [-0.2, 0) is 0 Å². The summed E-state index contributed by atoms with van der Waals surface area (Å²) in [6.45, 7) is 5.97. The highest BCUT2D eigenvalue weighted by Crippen LogP contribution is 2.30. The first-order valence-corrected chi connectivity index (χ1v) is 7.66. The third kappa shape index (κ3) is 4.71. The quantitative estimate of drug-likeness (QED) is 0.807. The van der Waals surface area contributed by atoms with Crippen molar-refractivity contribution in [3.8, 4) is 5.75 Å². The zero-order valence-corrected chi connectivity index (χ0v) is 13.3. The monoisotopic (exact) mass is 283 g/mol. The van der Waals surface area contributed by atoms with Crippen LogP contribution in [0.2, 0.25) is 0 Å². The van der Waals surface area contributed by atoms with Crippen molar-refractivity contribution in [3.63, 3.8) is 0 Å². The Bertz CT molecular complexity index is 396. The van der Waals surface area contributed by atoms with Crippen LogP contribution in [0.1, 0.15) is 31.0 Å². The number of methoxy groups -OCH3 is 1. The predicted octanol–water partition coefficient (Wildman–Crippen LogP) is 2.77. The minimum absolute atomic E-state index is 0.223. The lowest BCUT2D eigenvalue weighted by atomic mass is 10.0. The Morgan fingerprint density at radius 1 is 1.37 bits per heavy atom. The molecule has 0 aliphatic carbocycles. The van der Waals surface area contributed by atoms with E-state index < -0.39 is 0 Å². The average molecular weight is 283 g/mol. The Hall–Kier alpha value is -0.710. The lowest BCUT2D eigenvalue weighted by Gasteiger charge is -2.22. The summed E-state index contributed by atoms with van der Waals surface area (Å²) in [6, 6.07) is 6.45. The summed E-state index contributed by atoms with van der Waals surface area (Å²) in [6.07, 6.45) is -0.290. The number of aryl methyl sites for hydroxylation is 1. The van der Waals surface area contributed by atoms with E-state index in [0.717, 1.165) is 11.5 Å². The molecule has 0 aromatic heterocycles. The van der Waals surface area contributed by atoms with Crippen molar-refractivity contribution >= 4 is 11.8 Å². The van der Waals surface area contributed by atoms with Crippen LogP contribution in [0.5, 0.6) is 5.75 Å². The van der Waals surface area contributed by atoms with E-state index in [1.807, 2.05) is 20.0 Å². The van der Waals surface area contributed by atoms with Gasteiger partial charge in [-0.2, -0.15) is 11.8 Å². The van der Waals surface area contributed by atoms with E-state index in [9.17, 15) is 5.11 Å². The molecule has 0 spiro atoms. The molecule has 1 rings (SSSR count). The summed E-state index contributed by atoms with van der Waals surface area (Å²) in [7, 11) is 3.66. The van der Waals surface area contributed by atoms with Crippen molar-refractivity contribution in [2.24, 2.45) is 0 Å². The van der Waals surface area contributed by atoms with E-state index in [0.29, 0.717) is 0 Å². The van der Waals surface area contributed by atoms with E-state index in [1.165, 1.54) is 11.1 Å². The summed E-state index contributed by atoms with van der Waals surface area (Å²) in [4.78, 5) is 0. The van der Waals surface area contributed by atoms with Gasteiger partial charge in [-0.3, -0.25) is 0 Å². The summed E-state index contributed by atoms with van der Waals surface area (Å²) in [5.74, 6) is 1.82. The molecule has 2 N–H and O–H groups in total. The van der Waals surface area contributed by atoms with Crippen molar-refractivity contribution in [2.75, 3.05) is 19.9 Å². The Labute approximate surface area is 120 Å². The topological polar surface area (TPSA) is 41.5 Å². The number of ether oxygens (including phenoxy) is 1. The van der Waals surface area contributed by atoms with Gasteiger partial charge in [-0.15, -0.1) is 0 Å². The second-order valence-electron chi connectivity index (χ2n) is 4.87. The lowest BCUT2D eigenvalue weighted by molar-refractivity contribution is 0.196. The number of hydrogen-bond donors (Lipinski definition) is 2. The molecule has 0 aliphatic rings. The van der Waals surface area contributed by atoms with Gasteiger partial charge in [-0.05, 0) is 27.0 Å². The number of benzene rings is 1. The van der Waals surface area contributed by atoms with Crippen LogP contribution < -0.4 is 10.1 Å². The molecule has 0 fully saturated rings. The number of thioether (sulfide) groups is 1. The molecule has 0 saturated heterocycles. The number of hydrogen-bond acceptors (Lipinski definition) is 4. The van der Waals surface area contributed by atoms with Gasteiger partial charge in [0.05, 0.1) is 13.2 Å². The van der Waals surface area contributed by atoms with Gasteiger partial charge in [0.15, 0.2) is 0 Å². The molecule has 3 atom stereocenters. The molecule has 1 aromatic carbocycles. The molecule has 0 aliphatic heterocycles. The highest BCUT2D eigenvalue weighted by molar-refractivity contribution is 7.99. The van der Waals surface area contributed by atoms with Gasteiger partial charge in [0.1, 0.15) is 5.75 Å². The van der Waals surface area contributed by atoms with Gasteiger partial charge >= 0.3 is 0 Å². The first-order valence-electron chi connectivity index (χ1n) is 6.61. The maximum atomic E-state index is 9.56.